The van der Waals surface area contributed by atoms with Gasteiger partial charge in [0.05, 0.1) is 0 Å². The molecule has 1 aliphatic heterocycles. The molecule has 0 radical (unpaired) electrons. The smallest absolute Gasteiger partial charge is 0.195 e. The van der Waals surface area contributed by atoms with Crippen molar-refractivity contribution in [2.45, 2.75) is 43.4 Å². The van der Waals surface area contributed by atoms with Crippen molar-refractivity contribution in [2.75, 3.05) is 26.7 Å². The molecule has 0 aromatic heterocycles. The molecule has 4 nitrogen and oxygen atoms in total. The summed E-state index contributed by atoms with van der Waals surface area (Å²) in [5.41, 5.74) is 0. The second-order valence-corrected chi connectivity index (χ2v) is 8.87. The Morgan fingerprint density at radius 3 is 2.22 bits per heavy atom. The van der Waals surface area contributed by atoms with Gasteiger partial charge in [-0.1, -0.05) is 28.8 Å². The molecule has 6 heteroatoms. The summed E-state index contributed by atoms with van der Waals surface area (Å²) in [6.07, 6.45) is 6.51. The van der Waals surface area contributed by atoms with E-state index < -0.39 is 10.2 Å². The van der Waals surface area contributed by atoms with Crippen molar-refractivity contribution in [3.05, 3.63) is 0 Å². The summed E-state index contributed by atoms with van der Waals surface area (Å²) in [5.74, 6) is 0.529. The van der Waals surface area contributed by atoms with Crippen LogP contribution in [0.4, 0.5) is 0 Å². The molecular weight excluding hydrogens is 316 g/mol. The maximum absolute atomic E-state index is 12.4. The highest BCUT2D eigenvalue weighted by atomic mass is 79.9. The molecule has 0 N–H and O–H groups in total. The van der Waals surface area contributed by atoms with Crippen molar-refractivity contribution < 1.29 is 8.42 Å². The molecule has 0 amide bonds. The van der Waals surface area contributed by atoms with Crippen molar-refractivity contribution >= 4 is 26.1 Å². The fourth-order valence-corrected chi connectivity index (χ4v) is 5.30. The van der Waals surface area contributed by atoms with Crippen LogP contribution in [-0.2, 0) is 10.2 Å². The molecule has 1 heterocycles. The number of hydrogen-bond donors (Lipinski definition) is 0. The first-order valence-electron chi connectivity index (χ1n) is 6.85. The van der Waals surface area contributed by atoms with Crippen molar-refractivity contribution in [1.29, 1.82) is 0 Å². The number of rotatable bonds is 4. The predicted molar refractivity (Wildman–Crippen MR) is 77.0 cm³/mol. The van der Waals surface area contributed by atoms with E-state index in [1.165, 1.54) is 0 Å². The molecule has 18 heavy (non-hydrogen) atoms. The Kier molecular flexibility index (Phi) is 5.08. The number of nitrogens with zero attached hydrogens (tertiary/aromatic N) is 2. The average molecular weight is 339 g/mol. The fourth-order valence-electron chi connectivity index (χ4n) is 2.73. The van der Waals surface area contributed by atoms with Crippen LogP contribution in [0.5, 0.6) is 0 Å². The van der Waals surface area contributed by atoms with Crippen molar-refractivity contribution in [3.8, 4) is 0 Å². The summed E-state index contributed by atoms with van der Waals surface area (Å²) in [6, 6.07) is 0. The molecule has 2 rings (SSSR count). The Morgan fingerprint density at radius 1 is 1.17 bits per heavy atom. The molecule has 0 aromatic rings. The quantitative estimate of drug-likeness (QED) is 0.737. The summed E-state index contributed by atoms with van der Waals surface area (Å²) in [6.45, 7) is 2.05. The molecule has 0 atom stereocenters. The highest BCUT2D eigenvalue weighted by molar-refractivity contribution is 9.09. The fraction of sp³-hybridized carbons (Fsp3) is 1.00. The van der Waals surface area contributed by atoms with Gasteiger partial charge in [-0.05, 0) is 31.6 Å². The lowest BCUT2D eigenvalue weighted by atomic mass is 9.85. The summed E-state index contributed by atoms with van der Waals surface area (Å²) in [5, 5.41) is 0. The molecule has 2 aliphatic rings. The van der Waals surface area contributed by atoms with Crippen LogP contribution in [0.25, 0.3) is 0 Å². The molecule has 106 valence electrons. The Hall–Kier alpha value is 0.350. The van der Waals surface area contributed by atoms with E-state index in [2.05, 4.69) is 15.9 Å². The van der Waals surface area contributed by atoms with Crippen molar-refractivity contribution in [2.24, 2.45) is 5.92 Å². The number of halogens is 1. The topological polar surface area (TPSA) is 40.6 Å². The molecular formula is C12H23BrN2O2S. The lowest BCUT2D eigenvalue weighted by molar-refractivity contribution is 0.262. The van der Waals surface area contributed by atoms with Crippen LogP contribution in [0.15, 0.2) is 0 Å². The molecule has 1 saturated carbocycles. The zero-order valence-electron chi connectivity index (χ0n) is 11.0. The largest absolute Gasteiger partial charge is 0.281 e. The highest BCUT2D eigenvalue weighted by Gasteiger charge is 2.33. The first-order valence-corrected chi connectivity index (χ1v) is 9.17. The zero-order valence-corrected chi connectivity index (χ0v) is 13.4. The maximum Gasteiger partial charge on any atom is 0.281 e. The first kappa shape index (κ1) is 14.8. The summed E-state index contributed by atoms with van der Waals surface area (Å²) in [4.78, 5) is 0.594. The third kappa shape index (κ3) is 3.46. The highest BCUT2D eigenvalue weighted by Crippen LogP contribution is 2.34. The van der Waals surface area contributed by atoms with Crippen LogP contribution in [0.1, 0.15) is 38.5 Å². The van der Waals surface area contributed by atoms with Gasteiger partial charge in [-0.15, -0.1) is 0 Å². The van der Waals surface area contributed by atoms with Gasteiger partial charge in [-0.25, -0.2) is 0 Å². The normalized spacial score (nSPS) is 31.1. The summed E-state index contributed by atoms with van der Waals surface area (Å²) >= 11 is 3.55. The van der Waals surface area contributed by atoms with Gasteiger partial charge >= 0.3 is 0 Å². The predicted octanol–water partition coefficient (Wildman–Crippen LogP) is 2.21. The average Bonchev–Trinajstić information content (AvgIpc) is 2.55. The lowest BCUT2D eigenvalue weighted by Gasteiger charge is -2.35. The second kappa shape index (κ2) is 6.20. The minimum atomic E-state index is -3.22. The van der Waals surface area contributed by atoms with E-state index in [9.17, 15) is 8.42 Å². The van der Waals surface area contributed by atoms with Gasteiger partial charge in [0.2, 0.25) is 0 Å². The van der Waals surface area contributed by atoms with Gasteiger partial charge in [0.1, 0.15) is 0 Å². The SMILES string of the molecule is CN(CC1CC(Br)C1)S(=O)(=O)N1CCCCCC1. The maximum atomic E-state index is 12.4. The van der Waals surface area contributed by atoms with E-state index in [1.807, 2.05) is 0 Å². The Labute approximate surface area is 119 Å². The van der Waals surface area contributed by atoms with Gasteiger partial charge in [-0.2, -0.15) is 17.0 Å². The minimum Gasteiger partial charge on any atom is -0.195 e. The zero-order chi connectivity index (χ0) is 13.2. The molecule has 0 aromatic carbocycles. The van der Waals surface area contributed by atoms with Crippen LogP contribution in [0.2, 0.25) is 0 Å². The van der Waals surface area contributed by atoms with Crippen LogP contribution in [-0.4, -0.2) is 48.5 Å². The Morgan fingerprint density at radius 2 is 1.72 bits per heavy atom. The van der Waals surface area contributed by atoms with E-state index >= 15 is 0 Å². The second-order valence-electron chi connectivity index (χ2n) is 5.54. The standard InChI is InChI=1S/C12H23BrN2O2S/c1-14(10-11-8-12(13)9-11)18(16,17)15-6-4-2-3-5-7-15/h11-12H,2-10H2,1H3. The number of alkyl halides is 1. The van der Waals surface area contributed by atoms with E-state index in [-0.39, 0.29) is 0 Å². The third-order valence-corrected chi connectivity index (χ3v) is 6.68. The Bertz CT molecular complexity index is 360. The summed E-state index contributed by atoms with van der Waals surface area (Å²) < 4.78 is 28.1. The summed E-state index contributed by atoms with van der Waals surface area (Å²) in [7, 11) is -1.50. The van der Waals surface area contributed by atoms with Gasteiger partial charge in [0.15, 0.2) is 0 Å². The van der Waals surface area contributed by atoms with Gasteiger partial charge in [0, 0.05) is 31.5 Å². The van der Waals surface area contributed by atoms with Gasteiger partial charge in [0.25, 0.3) is 10.2 Å². The van der Waals surface area contributed by atoms with Crippen LogP contribution < -0.4 is 0 Å². The van der Waals surface area contributed by atoms with Crippen molar-refractivity contribution in [1.82, 2.24) is 8.61 Å². The van der Waals surface area contributed by atoms with Gasteiger partial charge < -0.3 is 0 Å². The monoisotopic (exact) mass is 338 g/mol. The minimum absolute atomic E-state index is 0.529. The molecule has 1 aliphatic carbocycles. The lowest BCUT2D eigenvalue weighted by Crippen LogP contribution is -2.45. The van der Waals surface area contributed by atoms with E-state index in [4.69, 9.17) is 0 Å². The molecule has 0 bridgehead atoms. The van der Waals surface area contributed by atoms with E-state index in [0.717, 1.165) is 38.5 Å². The van der Waals surface area contributed by atoms with E-state index in [0.29, 0.717) is 30.4 Å². The first-order chi connectivity index (χ1) is 8.50. The molecule has 1 saturated heterocycles. The van der Waals surface area contributed by atoms with Crippen molar-refractivity contribution in [3.63, 3.8) is 0 Å². The molecule has 2 fully saturated rings. The Balaban J connectivity index is 1.91. The third-order valence-electron chi connectivity index (χ3n) is 3.98. The van der Waals surface area contributed by atoms with Crippen LogP contribution in [0.3, 0.4) is 0 Å². The molecule has 0 spiro atoms. The van der Waals surface area contributed by atoms with E-state index in [1.54, 1.807) is 15.7 Å². The molecule has 0 unspecified atom stereocenters. The van der Waals surface area contributed by atoms with Crippen LogP contribution in [0, 0.1) is 5.92 Å². The van der Waals surface area contributed by atoms with Gasteiger partial charge in [-0.3, -0.25) is 0 Å². The number of hydrogen-bond acceptors (Lipinski definition) is 2. The van der Waals surface area contributed by atoms with Crippen LogP contribution >= 0.6 is 15.9 Å².